The van der Waals surface area contributed by atoms with Crippen LogP contribution in [0.25, 0.3) is 0 Å². The number of benzene rings is 1. The molecule has 1 N–H and O–H groups in total. The van der Waals surface area contributed by atoms with Crippen LogP contribution < -0.4 is 22.5 Å². The molecule has 110 valence electrons. The van der Waals surface area contributed by atoms with E-state index in [1.165, 1.54) is 0 Å². The number of hydrogen-bond donors (Lipinski definition) is 1. The highest BCUT2D eigenvalue weighted by Crippen LogP contribution is 2.29. The third-order valence-corrected chi connectivity index (χ3v) is 3.56. The first-order valence-corrected chi connectivity index (χ1v) is 7.00. The molecule has 2 rings (SSSR count). The van der Waals surface area contributed by atoms with Gasteiger partial charge in [0.25, 0.3) is 0 Å². The predicted octanol–water partition coefficient (Wildman–Crippen LogP) is -0.810. The highest BCUT2D eigenvalue weighted by Gasteiger charge is 2.16. The van der Waals surface area contributed by atoms with E-state index in [9.17, 15) is 10.1 Å². The van der Waals surface area contributed by atoms with Crippen molar-refractivity contribution < 1.29 is 22.1 Å². The van der Waals surface area contributed by atoms with Gasteiger partial charge < -0.3 is 22.5 Å². The Morgan fingerprint density at radius 2 is 2.35 bits per heavy atom. The summed E-state index contributed by atoms with van der Waals surface area (Å²) in [5.74, 6) is 0.969. The van der Waals surface area contributed by atoms with Gasteiger partial charge in [-0.1, -0.05) is 17.8 Å². The van der Waals surface area contributed by atoms with Crippen molar-refractivity contribution in [2.75, 3.05) is 19.7 Å². The summed E-state index contributed by atoms with van der Waals surface area (Å²) in [6.45, 7) is 3.88. The summed E-state index contributed by atoms with van der Waals surface area (Å²) < 4.78 is 5.25. The molecule has 20 heavy (non-hydrogen) atoms. The van der Waals surface area contributed by atoms with Crippen LogP contribution in [-0.4, -0.2) is 29.8 Å². The molecule has 6 nitrogen and oxygen atoms in total. The van der Waals surface area contributed by atoms with Gasteiger partial charge in [0.1, 0.15) is 0 Å². The molecule has 1 aromatic carbocycles. The average Bonchev–Trinajstić information content (AvgIpc) is 2.91. The normalized spacial score (nSPS) is 13.2. The van der Waals surface area contributed by atoms with Gasteiger partial charge in [-0.3, -0.25) is 15.1 Å². The Labute approximate surface area is 127 Å². The maximum atomic E-state index is 11.0. The number of halogens is 1. The Kier molecular flexibility index (Phi) is 6.60. The molecule has 8 heteroatoms. The van der Waals surface area contributed by atoms with Gasteiger partial charge in [-0.2, -0.15) is 0 Å². The maximum Gasteiger partial charge on any atom is 0.311 e. The molecule has 1 heterocycles. The van der Waals surface area contributed by atoms with E-state index in [4.69, 9.17) is 4.74 Å². The van der Waals surface area contributed by atoms with Crippen LogP contribution in [0.15, 0.2) is 23.2 Å². The first-order chi connectivity index (χ1) is 9.20. The Balaban J connectivity index is 0.00000200. The molecule has 1 aromatic rings. The lowest BCUT2D eigenvalue weighted by Crippen LogP contribution is -3.00. The van der Waals surface area contributed by atoms with E-state index < -0.39 is 4.92 Å². The average molecular weight is 317 g/mol. The van der Waals surface area contributed by atoms with Crippen LogP contribution in [-0.2, 0) is 5.75 Å². The van der Waals surface area contributed by atoms with Crippen molar-refractivity contribution in [1.29, 1.82) is 0 Å². The molecule has 1 aliphatic heterocycles. The third-order valence-electron chi connectivity index (χ3n) is 2.54. The molecule has 0 saturated heterocycles. The van der Waals surface area contributed by atoms with Crippen LogP contribution in [0, 0.1) is 10.1 Å². The standard InChI is InChI=1S/C12H15N3O3S.ClH/c1-2-18-11-4-3-9(7-10(11)15(16)17)8-19-12-13-5-6-14-12;/h3-4,7H,2,5-6,8H2,1H3,(H,13,14);1H/p-1. The van der Waals surface area contributed by atoms with Crippen LogP contribution in [0.2, 0.25) is 0 Å². The fraction of sp³-hybridized carbons (Fsp3) is 0.417. The van der Waals surface area contributed by atoms with E-state index >= 15 is 0 Å². The lowest BCUT2D eigenvalue weighted by atomic mass is 10.2. The minimum absolute atomic E-state index is 0. The van der Waals surface area contributed by atoms with Gasteiger partial charge in [0.05, 0.1) is 18.1 Å². The molecule has 0 aliphatic carbocycles. The van der Waals surface area contributed by atoms with Crippen molar-refractivity contribution in [2.24, 2.45) is 4.99 Å². The molecule has 0 fully saturated rings. The van der Waals surface area contributed by atoms with E-state index in [2.05, 4.69) is 10.3 Å². The fourth-order valence-electron chi connectivity index (χ4n) is 1.70. The topological polar surface area (TPSA) is 76.8 Å². The van der Waals surface area contributed by atoms with Crippen LogP contribution in [0.1, 0.15) is 12.5 Å². The molecule has 0 radical (unpaired) electrons. The van der Waals surface area contributed by atoms with Crippen molar-refractivity contribution >= 4 is 22.6 Å². The number of hydrogen-bond acceptors (Lipinski definition) is 6. The SMILES string of the molecule is CCOc1ccc(CSC2=NCCN2)cc1[N+](=O)[O-].[Cl-]. The van der Waals surface area contributed by atoms with Gasteiger partial charge in [0.15, 0.2) is 10.9 Å². The van der Waals surface area contributed by atoms with Gasteiger partial charge in [-0.25, -0.2) is 0 Å². The second kappa shape index (κ2) is 7.96. The van der Waals surface area contributed by atoms with Gasteiger partial charge in [-0.05, 0) is 18.6 Å². The summed E-state index contributed by atoms with van der Waals surface area (Å²) in [5.41, 5.74) is 0.901. The summed E-state index contributed by atoms with van der Waals surface area (Å²) in [6, 6.07) is 5.06. The Hall–Kier alpha value is -1.47. The molecule has 0 aromatic heterocycles. The number of nitro groups is 1. The largest absolute Gasteiger partial charge is 1.00 e. The first kappa shape index (κ1) is 16.6. The van der Waals surface area contributed by atoms with E-state index in [1.54, 1.807) is 30.8 Å². The van der Waals surface area contributed by atoms with Crippen molar-refractivity contribution in [3.05, 3.63) is 33.9 Å². The zero-order valence-electron chi connectivity index (χ0n) is 11.0. The number of thioether (sulfide) groups is 1. The Bertz CT molecular complexity index is 511. The number of aliphatic imine (C=N–C) groups is 1. The first-order valence-electron chi connectivity index (χ1n) is 6.02. The maximum absolute atomic E-state index is 11.0. The van der Waals surface area contributed by atoms with Crippen LogP contribution >= 0.6 is 11.8 Å². The van der Waals surface area contributed by atoms with Crippen molar-refractivity contribution in [2.45, 2.75) is 12.7 Å². The molecule has 0 amide bonds. The summed E-state index contributed by atoms with van der Waals surface area (Å²) in [6.07, 6.45) is 0. The van der Waals surface area contributed by atoms with E-state index in [0.717, 1.165) is 23.8 Å². The highest BCUT2D eigenvalue weighted by atomic mass is 35.5. The number of ether oxygens (including phenoxy) is 1. The highest BCUT2D eigenvalue weighted by molar-refractivity contribution is 8.13. The minimum atomic E-state index is -0.412. The van der Waals surface area contributed by atoms with Crippen molar-refractivity contribution in [3.63, 3.8) is 0 Å². The van der Waals surface area contributed by atoms with Gasteiger partial charge in [-0.15, -0.1) is 0 Å². The number of nitrogens with zero attached hydrogens (tertiary/aromatic N) is 2. The zero-order chi connectivity index (χ0) is 13.7. The number of amidine groups is 1. The van der Waals surface area contributed by atoms with Gasteiger partial charge >= 0.3 is 5.69 Å². The second-order valence-corrected chi connectivity index (χ2v) is 4.86. The van der Waals surface area contributed by atoms with Crippen LogP contribution in [0.4, 0.5) is 5.69 Å². The van der Waals surface area contributed by atoms with Gasteiger partial charge in [0, 0.05) is 18.4 Å². The third kappa shape index (κ3) is 4.28. The molecule has 1 aliphatic rings. The smallest absolute Gasteiger partial charge is 0.311 e. The monoisotopic (exact) mass is 316 g/mol. The molecule has 0 saturated carbocycles. The Morgan fingerprint density at radius 3 is 2.95 bits per heavy atom. The van der Waals surface area contributed by atoms with Gasteiger partial charge in [0.2, 0.25) is 0 Å². The lowest BCUT2D eigenvalue weighted by molar-refractivity contribution is -0.385. The summed E-state index contributed by atoms with van der Waals surface area (Å²) in [5, 5.41) is 15.0. The summed E-state index contributed by atoms with van der Waals surface area (Å²) in [7, 11) is 0. The summed E-state index contributed by atoms with van der Waals surface area (Å²) in [4.78, 5) is 14.8. The number of rotatable bonds is 5. The molecule has 0 unspecified atom stereocenters. The molecule has 0 atom stereocenters. The fourth-order valence-corrected chi connectivity index (χ4v) is 2.57. The van der Waals surface area contributed by atoms with E-state index in [0.29, 0.717) is 18.1 Å². The lowest BCUT2D eigenvalue weighted by Gasteiger charge is -2.06. The molecule has 0 spiro atoms. The second-order valence-electron chi connectivity index (χ2n) is 3.89. The zero-order valence-corrected chi connectivity index (χ0v) is 12.5. The molecule has 0 bridgehead atoms. The number of nitrogens with one attached hydrogen (secondary N) is 1. The van der Waals surface area contributed by atoms with E-state index in [1.807, 2.05) is 6.07 Å². The molecular formula is C12H15ClN3O3S-. The van der Waals surface area contributed by atoms with Crippen LogP contribution in [0.3, 0.4) is 0 Å². The minimum Gasteiger partial charge on any atom is -1.00 e. The quantitative estimate of drug-likeness (QED) is 0.568. The van der Waals surface area contributed by atoms with Crippen LogP contribution in [0.5, 0.6) is 5.75 Å². The summed E-state index contributed by atoms with van der Waals surface area (Å²) >= 11 is 1.55. The van der Waals surface area contributed by atoms with Crippen molar-refractivity contribution in [1.82, 2.24) is 5.32 Å². The van der Waals surface area contributed by atoms with Crippen molar-refractivity contribution in [3.8, 4) is 5.75 Å². The Morgan fingerprint density at radius 1 is 1.55 bits per heavy atom. The van der Waals surface area contributed by atoms with E-state index in [-0.39, 0.29) is 18.1 Å². The number of nitro benzene ring substituents is 1. The predicted molar refractivity (Wildman–Crippen MR) is 75.9 cm³/mol. The molecular weight excluding hydrogens is 302 g/mol.